The van der Waals surface area contributed by atoms with Crippen molar-refractivity contribution in [2.24, 2.45) is 5.92 Å². The van der Waals surface area contributed by atoms with Crippen LogP contribution < -0.4 is 0 Å². The molecule has 0 unspecified atom stereocenters. The van der Waals surface area contributed by atoms with Crippen LogP contribution in [-0.4, -0.2) is 50.1 Å². The Morgan fingerprint density at radius 1 is 1.14 bits per heavy atom. The lowest BCUT2D eigenvalue weighted by molar-refractivity contribution is 0.195. The van der Waals surface area contributed by atoms with E-state index < -0.39 is 0 Å². The van der Waals surface area contributed by atoms with Gasteiger partial charge in [0, 0.05) is 0 Å². The summed E-state index contributed by atoms with van der Waals surface area (Å²) in [5.74, 6) is 0.991. The molecule has 0 radical (unpaired) electrons. The molecular weight excluding hydrogens is 268 g/mol. The molecular formula is C20H44N2. The van der Waals surface area contributed by atoms with Crippen LogP contribution in [0.5, 0.6) is 0 Å². The molecule has 2 heteroatoms. The topological polar surface area (TPSA) is 6.48 Å². The Morgan fingerprint density at radius 2 is 1.64 bits per heavy atom. The van der Waals surface area contributed by atoms with E-state index in [0.29, 0.717) is 0 Å². The monoisotopic (exact) mass is 312 g/mol. The summed E-state index contributed by atoms with van der Waals surface area (Å²) in [6.45, 7) is 17.7. The van der Waals surface area contributed by atoms with Crippen LogP contribution in [0, 0.1) is 5.92 Å². The quantitative estimate of drug-likeness (QED) is 0.602. The first-order chi connectivity index (χ1) is 10.5. The smallest absolute Gasteiger partial charge is 0.00191 e. The van der Waals surface area contributed by atoms with Crippen molar-refractivity contribution in [3.63, 3.8) is 0 Å². The number of unbranched alkanes of at least 4 members (excludes halogenated alkanes) is 1. The maximum atomic E-state index is 2.50. The number of likely N-dealkylation sites (tertiary alicyclic amines) is 1. The van der Waals surface area contributed by atoms with Gasteiger partial charge in [-0.3, -0.25) is 0 Å². The number of piperidine rings is 1. The van der Waals surface area contributed by atoms with Crippen molar-refractivity contribution in [2.45, 2.75) is 73.6 Å². The van der Waals surface area contributed by atoms with Gasteiger partial charge in [-0.15, -0.1) is 0 Å². The first-order valence-corrected chi connectivity index (χ1v) is 9.46. The van der Waals surface area contributed by atoms with Crippen molar-refractivity contribution in [3.8, 4) is 0 Å². The Kier molecular flexibility index (Phi) is 18.5. The second-order valence-electron chi connectivity index (χ2n) is 6.56. The van der Waals surface area contributed by atoms with E-state index in [2.05, 4.69) is 50.7 Å². The first-order valence-electron chi connectivity index (χ1n) is 9.46. The molecule has 0 spiro atoms. The molecule has 2 nitrogen and oxygen atoms in total. The van der Waals surface area contributed by atoms with Crippen molar-refractivity contribution >= 4 is 0 Å². The number of allylic oxidation sites excluding steroid dienone is 2. The van der Waals surface area contributed by atoms with E-state index in [4.69, 9.17) is 0 Å². The van der Waals surface area contributed by atoms with Crippen molar-refractivity contribution < 1.29 is 0 Å². The largest absolute Gasteiger partial charge is 0.306 e. The van der Waals surface area contributed by atoms with E-state index in [9.17, 15) is 0 Å². The predicted molar refractivity (Wildman–Crippen MR) is 104 cm³/mol. The predicted octanol–water partition coefficient (Wildman–Crippen LogP) is 5.45. The van der Waals surface area contributed by atoms with E-state index in [1.165, 1.54) is 63.9 Å². The molecule has 1 aliphatic heterocycles. The summed E-state index contributed by atoms with van der Waals surface area (Å²) in [6.07, 6.45) is 8.99. The fourth-order valence-electron chi connectivity index (χ4n) is 2.29. The van der Waals surface area contributed by atoms with Gasteiger partial charge >= 0.3 is 0 Å². The molecule has 134 valence electrons. The van der Waals surface area contributed by atoms with Gasteiger partial charge in [-0.1, -0.05) is 38.8 Å². The molecule has 0 aromatic carbocycles. The number of rotatable bonds is 6. The van der Waals surface area contributed by atoms with Gasteiger partial charge in [0.25, 0.3) is 0 Å². The first kappa shape index (κ1) is 23.9. The summed E-state index contributed by atoms with van der Waals surface area (Å²) in [4.78, 5) is 4.96. The molecule has 0 aromatic rings. The minimum absolute atomic E-state index is 0.991. The van der Waals surface area contributed by atoms with Crippen molar-refractivity contribution in [1.29, 1.82) is 0 Å². The fourth-order valence-corrected chi connectivity index (χ4v) is 2.29. The summed E-state index contributed by atoms with van der Waals surface area (Å²) in [7, 11) is 4.51. The average Bonchev–Trinajstić information content (AvgIpc) is 2.54. The Hall–Kier alpha value is -0.340. The molecule has 0 atom stereocenters. The van der Waals surface area contributed by atoms with Crippen LogP contribution in [-0.2, 0) is 0 Å². The van der Waals surface area contributed by atoms with Gasteiger partial charge in [0.2, 0.25) is 0 Å². The molecule has 0 N–H and O–H groups in total. The molecule has 0 amide bonds. The van der Waals surface area contributed by atoms with E-state index in [1.54, 1.807) is 0 Å². The second kappa shape index (κ2) is 17.0. The van der Waals surface area contributed by atoms with Crippen LogP contribution in [0.4, 0.5) is 0 Å². The molecule has 1 fully saturated rings. The highest BCUT2D eigenvalue weighted by molar-refractivity contribution is 4.88. The summed E-state index contributed by atoms with van der Waals surface area (Å²) < 4.78 is 0. The third-order valence-corrected chi connectivity index (χ3v) is 4.23. The molecule has 22 heavy (non-hydrogen) atoms. The molecule has 0 aliphatic carbocycles. The normalized spacial score (nSPS) is 15.5. The third-order valence-electron chi connectivity index (χ3n) is 4.23. The van der Waals surface area contributed by atoms with Crippen LogP contribution >= 0.6 is 0 Å². The molecule has 1 aliphatic rings. The minimum Gasteiger partial charge on any atom is -0.306 e. The summed E-state index contributed by atoms with van der Waals surface area (Å²) in [5.41, 5.74) is 1.38. The number of hydrogen-bond donors (Lipinski definition) is 0. The maximum Gasteiger partial charge on any atom is -0.00191 e. The lowest BCUT2D eigenvalue weighted by Gasteiger charge is -2.30. The Balaban J connectivity index is 0. The van der Waals surface area contributed by atoms with Gasteiger partial charge in [0.05, 0.1) is 0 Å². The van der Waals surface area contributed by atoms with Crippen LogP contribution in [0.1, 0.15) is 73.6 Å². The van der Waals surface area contributed by atoms with Crippen LogP contribution in [0.3, 0.4) is 0 Å². The highest BCUT2D eigenvalue weighted by atomic mass is 15.1. The SMILES string of the molecule is CC.CC=C(C)C.CCCCN(C)CCC1CCN(C)CC1. The van der Waals surface area contributed by atoms with E-state index in [0.717, 1.165) is 5.92 Å². The van der Waals surface area contributed by atoms with Crippen molar-refractivity contribution in [3.05, 3.63) is 11.6 Å². The highest BCUT2D eigenvalue weighted by Gasteiger charge is 2.16. The fraction of sp³-hybridized carbons (Fsp3) is 0.900. The number of hydrogen-bond acceptors (Lipinski definition) is 2. The molecule has 0 bridgehead atoms. The Labute approximate surface area is 142 Å². The van der Waals surface area contributed by atoms with Crippen LogP contribution in [0.15, 0.2) is 11.6 Å². The van der Waals surface area contributed by atoms with E-state index in [1.807, 2.05) is 20.8 Å². The van der Waals surface area contributed by atoms with Gasteiger partial charge in [-0.2, -0.15) is 0 Å². The second-order valence-corrected chi connectivity index (χ2v) is 6.56. The standard InChI is InChI=1S/C13H28N2.C5H10.C2H6/c1-4-5-9-14(2)10-6-13-7-11-15(3)12-8-13;1-4-5(2)3;1-2/h13H,4-12H2,1-3H3;4H,1-3H3;1-2H3. The van der Waals surface area contributed by atoms with Crippen LogP contribution in [0.25, 0.3) is 0 Å². The zero-order valence-electron chi connectivity index (χ0n) is 16.9. The molecule has 1 heterocycles. The summed E-state index contributed by atoms with van der Waals surface area (Å²) in [5, 5.41) is 0. The maximum absolute atomic E-state index is 2.50. The van der Waals surface area contributed by atoms with E-state index in [-0.39, 0.29) is 0 Å². The average molecular weight is 313 g/mol. The zero-order chi connectivity index (χ0) is 17.4. The molecule has 1 saturated heterocycles. The van der Waals surface area contributed by atoms with E-state index >= 15 is 0 Å². The van der Waals surface area contributed by atoms with Gasteiger partial charge in [-0.05, 0) is 92.6 Å². The number of nitrogens with zero attached hydrogens (tertiary/aromatic N) is 2. The van der Waals surface area contributed by atoms with Crippen molar-refractivity contribution in [2.75, 3.05) is 40.3 Å². The highest BCUT2D eigenvalue weighted by Crippen LogP contribution is 2.19. The lowest BCUT2D eigenvalue weighted by Crippen LogP contribution is -2.32. The Morgan fingerprint density at radius 3 is 2.05 bits per heavy atom. The van der Waals surface area contributed by atoms with Gasteiger partial charge in [0.15, 0.2) is 0 Å². The lowest BCUT2D eigenvalue weighted by atomic mass is 9.94. The molecule has 0 aromatic heterocycles. The van der Waals surface area contributed by atoms with Crippen molar-refractivity contribution in [1.82, 2.24) is 9.80 Å². The molecule has 1 rings (SSSR count). The minimum atomic E-state index is 0.991. The van der Waals surface area contributed by atoms with Gasteiger partial charge in [-0.25, -0.2) is 0 Å². The van der Waals surface area contributed by atoms with Gasteiger partial charge < -0.3 is 9.80 Å². The van der Waals surface area contributed by atoms with Crippen LogP contribution in [0.2, 0.25) is 0 Å². The summed E-state index contributed by atoms with van der Waals surface area (Å²) >= 11 is 0. The van der Waals surface area contributed by atoms with Gasteiger partial charge in [0.1, 0.15) is 0 Å². The summed E-state index contributed by atoms with van der Waals surface area (Å²) in [6, 6.07) is 0. The zero-order valence-corrected chi connectivity index (χ0v) is 16.9. The molecule has 0 saturated carbocycles. The Bertz CT molecular complexity index is 236. The third kappa shape index (κ3) is 16.0.